The lowest BCUT2D eigenvalue weighted by Crippen LogP contribution is -2.46. The van der Waals surface area contributed by atoms with E-state index in [2.05, 4.69) is 5.32 Å². The van der Waals surface area contributed by atoms with Crippen LogP contribution in [0, 0.1) is 0 Å². The number of hydrogen-bond donors (Lipinski definition) is 2. The average Bonchev–Trinajstić information content (AvgIpc) is 2.74. The minimum Gasteiger partial charge on any atom is -0.389 e. The summed E-state index contributed by atoms with van der Waals surface area (Å²) >= 11 is 0. The molecule has 0 aliphatic heterocycles. The summed E-state index contributed by atoms with van der Waals surface area (Å²) in [6, 6.07) is 1.47. The van der Waals surface area contributed by atoms with Crippen LogP contribution in [0.25, 0.3) is 0 Å². The highest BCUT2D eigenvalue weighted by atomic mass is 28.4. The Labute approximate surface area is 198 Å². The van der Waals surface area contributed by atoms with Crippen LogP contribution in [0.15, 0.2) is 0 Å². The van der Waals surface area contributed by atoms with Gasteiger partial charge in [-0.25, -0.2) is 0 Å². The first-order valence-corrected chi connectivity index (χ1v) is 16.1. The van der Waals surface area contributed by atoms with Crippen molar-refractivity contribution >= 4 is 17.6 Å². The number of aliphatic hydroxyl groups excluding tert-OH is 1. The van der Waals surface area contributed by atoms with Gasteiger partial charge in [0.15, 0.2) is 0 Å². The second-order valence-corrected chi connectivity index (χ2v) is 12.6. The predicted octanol–water partition coefficient (Wildman–Crippen LogP) is 2.83. The normalized spacial score (nSPS) is 13.6. The number of nitrogens with one attached hydrogen (secondary N) is 1. The van der Waals surface area contributed by atoms with Crippen LogP contribution in [-0.4, -0.2) is 94.8 Å². The maximum Gasteiger partial charge on any atom is 0.501 e. The molecule has 0 aliphatic carbocycles. The van der Waals surface area contributed by atoms with E-state index in [0.29, 0.717) is 58.8 Å². The van der Waals surface area contributed by atoms with Gasteiger partial charge in [0.05, 0.1) is 12.7 Å². The third-order valence-corrected chi connectivity index (χ3v) is 10.8. The van der Waals surface area contributed by atoms with Gasteiger partial charge in [-0.1, -0.05) is 0 Å². The summed E-state index contributed by atoms with van der Waals surface area (Å²) in [5.41, 5.74) is 0. The van der Waals surface area contributed by atoms with Gasteiger partial charge in [-0.15, -0.1) is 0 Å². The number of ether oxygens (including phenoxy) is 1. The Morgan fingerprint density at radius 3 is 1.47 bits per heavy atom. The van der Waals surface area contributed by atoms with Crippen LogP contribution in [0.1, 0.15) is 54.4 Å². The van der Waals surface area contributed by atoms with Crippen LogP contribution < -0.4 is 5.32 Å². The summed E-state index contributed by atoms with van der Waals surface area (Å²) < 4.78 is 40.7. The van der Waals surface area contributed by atoms with Crippen molar-refractivity contribution in [3.63, 3.8) is 0 Å². The van der Waals surface area contributed by atoms with E-state index < -0.39 is 23.7 Å². The second kappa shape index (κ2) is 20.4. The van der Waals surface area contributed by atoms with Crippen molar-refractivity contribution in [1.29, 1.82) is 0 Å². The minimum absolute atomic E-state index is 0.287. The van der Waals surface area contributed by atoms with E-state index in [9.17, 15) is 5.11 Å². The van der Waals surface area contributed by atoms with E-state index in [-0.39, 0.29) is 6.61 Å². The maximum absolute atomic E-state index is 10.2. The van der Waals surface area contributed by atoms with E-state index in [4.69, 9.17) is 31.3 Å². The molecule has 1 atom stereocenters. The monoisotopic (exact) mass is 499 g/mol. The van der Waals surface area contributed by atoms with Crippen molar-refractivity contribution in [2.45, 2.75) is 72.6 Å². The van der Waals surface area contributed by atoms with Crippen molar-refractivity contribution in [3.05, 3.63) is 0 Å². The summed E-state index contributed by atoms with van der Waals surface area (Å²) in [4.78, 5) is 0. The zero-order chi connectivity index (χ0) is 24.1. The Morgan fingerprint density at radius 2 is 1.06 bits per heavy atom. The van der Waals surface area contributed by atoms with Crippen LogP contribution in [0.5, 0.6) is 0 Å². The molecule has 0 saturated carbocycles. The SMILES string of the molecule is CCO[Si](CCCNCC(O)COCCC[Si](OCC)(OCC)OCC)(OCC)OCC. The lowest BCUT2D eigenvalue weighted by atomic mass is 10.3. The van der Waals surface area contributed by atoms with Crippen LogP contribution in [0.3, 0.4) is 0 Å². The molecule has 2 N–H and O–H groups in total. The number of hydrogen-bond acceptors (Lipinski definition) is 9. The molecule has 11 heteroatoms. The Kier molecular flexibility index (Phi) is 20.5. The molecule has 0 radical (unpaired) electrons. The summed E-state index contributed by atoms with van der Waals surface area (Å²) in [5.74, 6) is 0. The summed E-state index contributed by atoms with van der Waals surface area (Å²) in [6.45, 7) is 17.2. The Hall–Kier alpha value is 0.0738. The Morgan fingerprint density at radius 1 is 0.656 bits per heavy atom. The predicted molar refractivity (Wildman–Crippen MR) is 130 cm³/mol. The second-order valence-electron chi connectivity index (χ2n) is 7.10. The molecular weight excluding hydrogens is 450 g/mol. The van der Waals surface area contributed by atoms with Crippen LogP contribution in [0.4, 0.5) is 0 Å². The number of aliphatic hydroxyl groups is 1. The van der Waals surface area contributed by atoms with Crippen molar-refractivity contribution in [3.8, 4) is 0 Å². The molecule has 32 heavy (non-hydrogen) atoms. The van der Waals surface area contributed by atoms with Gasteiger partial charge in [-0.05, 0) is 60.9 Å². The maximum atomic E-state index is 10.2. The van der Waals surface area contributed by atoms with E-state index in [1.54, 1.807) is 0 Å². The third kappa shape index (κ3) is 14.4. The zero-order valence-electron chi connectivity index (χ0n) is 21.3. The summed E-state index contributed by atoms with van der Waals surface area (Å²) in [7, 11) is -5.21. The lowest BCUT2D eigenvalue weighted by Gasteiger charge is -2.28. The Balaban J connectivity index is 4.09. The fourth-order valence-corrected chi connectivity index (χ4v) is 8.56. The van der Waals surface area contributed by atoms with Gasteiger partial charge < -0.3 is 41.7 Å². The molecule has 0 aromatic heterocycles. The topological polar surface area (TPSA) is 96.9 Å². The van der Waals surface area contributed by atoms with Gasteiger partial charge in [0.25, 0.3) is 0 Å². The standard InChI is InChI=1S/C21H49NO8Si2/c1-7-25-31(26-8-2,27-9-3)17-13-15-22-19-21(23)20-24-16-14-18-32(28-10-4,29-11-5)30-12-6/h21-23H,7-20H2,1-6H3. The van der Waals surface area contributed by atoms with E-state index in [1.165, 1.54) is 0 Å². The van der Waals surface area contributed by atoms with Crippen LogP contribution in [0.2, 0.25) is 12.1 Å². The van der Waals surface area contributed by atoms with Crippen LogP contribution in [-0.2, 0) is 31.3 Å². The smallest absolute Gasteiger partial charge is 0.389 e. The Bertz CT molecular complexity index is 353. The summed E-state index contributed by atoms with van der Waals surface area (Å²) in [5, 5.41) is 13.4. The van der Waals surface area contributed by atoms with Gasteiger partial charge in [0.2, 0.25) is 0 Å². The molecule has 0 bridgehead atoms. The fourth-order valence-electron chi connectivity index (χ4n) is 3.37. The first-order valence-electron chi connectivity index (χ1n) is 12.3. The molecule has 0 aromatic carbocycles. The van der Waals surface area contributed by atoms with Crippen molar-refractivity contribution in [1.82, 2.24) is 5.32 Å². The van der Waals surface area contributed by atoms with Gasteiger partial charge in [-0.3, -0.25) is 0 Å². The van der Waals surface area contributed by atoms with Crippen LogP contribution >= 0.6 is 0 Å². The molecule has 0 rings (SSSR count). The van der Waals surface area contributed by atoms with Gasteiger partial charge in [0.1, 0.15) is 0 Å². The first-order chi connectivity index (χ1) is 15.5. The molecule has 0 heterocycles. The summed E-state index contributed by atoms with van der Waals surface area (Å²) in [6.07, 6.45) is 1.07. The average molecular weight is 500 g/mol. The molecular formula is C21H49NO8Si2. The van der Waals surface area contributed by atoms with E-state index >= 15 is 0 Å². The largest absolute Gasteiger partial charge is 0.501 e. The van der Waals surface area contributed by atoms with E-state index in [0.717, 1.165) is 25.4 Å². The molecule has 0 aromatic rings. The lowest BCUT2D eigenvalue weighted by molar-refractivity contribution is 0.0327. The highest BCUT2D eigenvalue weighted by Crippen LogP contribution is 2.19. The highest BCUT2D eigenvalue weighted by Gasteiger charge is 2.40. The molecule has 194 valence electrons. The fraction of sp³-hybridized carbons (Fsp3) is 1.00. The molecule has 0 fully saturated rings. The van der Waals surface area contributed by atoms with Crippen molar-refractivity contribution in [2.24, 2.45) is 0 Å². The number of rotatable bonds is 24. The van der Waals surface area contributed by atoms with E-state index in [1.807, 2.05) is 41.5 Å². The van der Waals surface area contributed by atoms with Gasteiger partial charge in [-0.2, -0.15) is 0 Å². The highest BCUT2D eigenvalue weighted by molar-refractivity contribution is 6.61. The van der Waals surface area contributed by atoms with Crippen molar-refractivity contribution in [2.75, 3.05) is 65.9 Å². The van der Waals surface area contributed by atoms with Crippen molar-refractivity contribution < 1.29 is 36.4 Å². The quantitative estimate of drug-likeness (QED) is 0.153. The van der Waals surface area contributed by atoms with Gasteiger partial charge in [0, 0.05) is 64.9 Å². The molecule has 1 unspecified atom stereocenters. The molecule has 0 amide bonds. The first kappa shape index (κ1) is 32.1. The third-order valence-electron chi connectivity index (χ3n) is 4.48. The zero-order valence-corrected chi connectivity index (χ0v) is 23.3. The molecule has 0 spiro atoms. The molecule has 0 saturated heterocycles. The molecule has 9 nitrogen and oxygen atoms in total. The minimum atomic E-state index is -2.62. The van der Waals surface area contributed by atoms with Gasteiger partial charge >= 0.3 is 17.6 Å². The molecule has 0 aliphatic rings.